The Balaban J connectivity index is 1.72. The minimum Gasteiger partial charge on any atom is -0.481 e. The molecule has 6 heteroatoms. The molecule has 0 saturated carbocycles. The average Bonchev–Trinajstić information content (AvgIpc) is 2.94. The second-order valence-corrected chi connectivity index (χ2v) is 6.22. The lowest BCUT2D eigenvalue weighted by atomic mass is 10.0. The number of carbonyl (C=O) groups is 2. The van der Waals surface area contributed by atoms with E-state index in [1.165, 1.54) is 0 Å². The molecular formula is C15H27N3O3. The van der Waals surface area contributed by atoms with Crippen molar-refractivity contribution in [2.45, 2.75) is 45.1 Å². The fraction of sp³-hybridized carbons (Fsp3) is 0.867. The average molecular weight is 297 g/mol. The number of carboxylic acid groups (broad SMARTS) is 1. The standard InChI is InChI=1S/C15H27N3O3/c1-2-17-8-3-4-13(11-17)16-15(21)18-9-7-12(10-18)5-6-14(19)20/h12-13H,2-11H2,1H3,(H,16,21)(H,19,20). The van der Waals surface area contributed by atoms with Crippen molar-refractivity contribution >= 4 is 12.0 Å². The predicted octanol–water partition coefficient (Wildman–Crippen LogP) is 1.37. The summed E-state index contributed by atoms with van der Waals surface area (Å²) in [5.41, 5.74) is 0. The summed E-state index contributed by atoms with van der Waals surface area (Å²) in [6, 6.07) is 0.278. The quantitative estimate of drug-likeness (QED) is 0.804. The van der Waals surface area contributed by atoms with Gasteiger partial charge in [-0.2, -0.15) is 0 Å². The Kier molecular flexibility index (Phi) is 5.85. The first-order valence-corrected chi connectivity index (χ1v) is 8.08. The van der Waals surface area contributed by atoms with Crippen LogP contribution in [0.2, 0.25) is 0 Å². The van der Waals surface area contributed by atoms with Gasteiger partial charge in [0.25, 0.3) is 0 Å². The van der Waals surface area contributed by atoms with Gasteiger partial charge in [-0.15, -0.1) is 0 Å². The Morgan fingerprint density at radius 1 is 1.24 bits per heavy atom. The van der Waals surface area contributed by atoms with Gasteiger partial charge in [0.05, 0.1) is 0 Å². The van der Waals surface area contributed by atoms with Crippen molar-refractivity contribution in [3.05, 3.63) is 0 Å². The first-order chi connectivity index (χ1) is 10.1. The van der Waals surface area contributed by atoms with Crippen molar-refractivity contribution in [2.75, 3.05) is 32.7 Å². The SMILES string of the molecule is CCN1CCCC(NC(=O)N2CCC(CCC(=O)O)C2)C1. The molecule has 2 rings (SSSR count). The number of carbonyl (C=O) groups excluding carboxylic acids is 1. The molecule has 2 atom stereocenters. The number of amides is 2. The third-order valence-corrected chi connectivity index (χ3v) is 4.62. The molecule has 6 nitrogen and oxygen atoms in total. The summed E-state index contributed by atoms with van der Waals surface area (Å²) in [4.78, 5) is 27.1. The van der Waals surface area contributed by atoms with E-state index < -0.39 is 5.97 Å². The van der Waals surface area contributed by atoms with E-state index in [2.05, 4.69) is 17.1 Å². The summed E-state index contributed by atoms with van der Waals surface area (Å²) >= 11 is 0. The number of rotatable bonds is 5. The maximum absolute atomic E-state index is 12.3. The minimum absolute atomic E-state index is 0.0239. The van der Waals surface area contributed by atoms with Crippen LogP contribution in [0.4, 0.5) is 4.79 Å². The van der Waals surface area contributed by atoms with E-state index >= 15 is 0 Å². The smallest absolute Gasteiger partial charge is 0.317 e. The number of likely N-dealkylation sites (N-methyl/N-ethyl adjacent to an activating group) is 1. The molecule has 0 aromatic rings. The van der Waals surface area contributed by atoms with E-state index in [9.17, 15) is 9.59 Å². The van der Waals surface area contributed by atoms with Crippen molar-refractivity contribution < 1.29 is 14.7 Å². The molecule has 2 fully saturated rings. The second-order valence-electron chi connectivity index (χ2n) is 6.22. The van der Waals surface area contributed by atoms with Gasteiger partial charge in [0.1, 0.15) is 0 Å². The van der Waals surface area contributed by atoms with Crippen LogP contribution in [-0.2, 0) is 4.79 Å². The van der Waals surface area contributed by atoms with Gasteiger partial charge in [0, 0.05) is 32.1 Å². The third-order valence-electron chi connectivity index (χ3n) is 4.62. The lowest BCUT2D eigenvalue weighted by Crippen LogP contribution is -2.51. The van der Waals surface area contributed by atoms with Crippen LogP contribution in [0.15, 0.2) is 0 Å². The fourth-order valence-corrected chi connectivity index (χ4v) is 3.31. The van der Waals surface area contributed by atoms with Crippen LogP contribution in [0.3, 0.4) is 0 Å². The lowest BCUT2D eigenvalue weighted by molar-refractivity contribution is -0.137. The molecule has 2 heterocycles. The van der Waals surface area contributed by atoms with Crippen LogP contribution >= 0.6 is 0 Å². The number of hydrogen-bond donors (Lipinski definition) is 2. The molecule has 21 heavy (non-hydrogen) atoms. The number of nitrogens with one attached hydrogen (secondary N) is 1. The van der Waals surface area contributed by atoms with Crippen LogP contribution in [0.1, 0.15) is 39.0 Å². The zero-order valence-electron chi connectivity index (χ0n) is 12.9. The summed E-state index contributed by atoms with van der Waals surface area (Å²) in [6.07, 6.45) is 3.99. The first-order valence-electron chi connectivity index (χ1n) is 8.08. The number of urea groups is 1. The molecule has 0 aliphatic carbocycles. The molecule has 0 bridgehead atoms. The molecule has 120 valence electrons. The zero-order valence-corrected chi connectivity index (χ0v) is 12.9. The van der Waals surface area contributed by atoms with Gasteiger partial charge in [0.15, 0.2) is 0 Å². The van der Waals surface area contributed by atoms with E-state index in [1.54, 1.807) is 0 Å². The highest BCUT2D eigenvalue weighted by Gasteiger charge is 2.28. The van der Waals surface area contributed by atoms with Gasteiger partial charge >= 0.3 is 12.0 Å². The van der Waals surface area contributed by atoms with Crippen molar-refractivity contribution in [3.8, 4) is 0 Å². The summed E-state index contributed by atoms with van der Waals surface area (Å²) in [7, 11) is 0. The van der Waals surface area contributed by atoms with Gasteiger partial charge in [-0.05, 0) is 44.7 Å². The number of likely N-dealkylation sites (tertiary alicyclic amines) is 2. The van der Waals surface area contributed by atoms with Gasteiger partial charge < -0.3 is 20.2 Å². The molecule has 0 aromatic heterocycles. The van der Waals surface area contributed by atoms with Crippen molar-refractivity contribution in [1.82, 2.24) is 15.1 Å². The lowest BCUT2D eigenvalue weighted by Gasteiger charge is -2.33. The molecule has 2 aliphatic rings. The predicted molar refractivity (Wildman–Crippen MR) is 80.2 cm³/mol. The number of carboxylic acids is 1. The Labute approximate surface area is 126 Å². The molecule has 2 N–H and O–H groups in total. The normalized spacial score (nSPS) is 26.8. The first kappa shape index (κ1) is 16.1. The number of piperidine rings is 1. The van der Waals surface area contributed by atoms with Crippen LogP contribution < -0.4 is 5.32 Å². The zero-order chi connectivity index (χ0) is 15.2. The number of aliphatic carboxylic acids is 1. The highest BCUT2D eigenvalue weighted by molar-refractivity contribution is 5.75. The van der Waals surface area contributed by atoms with E-state index in [0.29, 0.717) is 18.9 Å². The van der Waals surface area contributed by atoms with E-state index in [4.69, 9.17) is 5.11 Å². The summed E-state index contributed by atoms with van der Waals surface area (Å²) in [5, 5.41) is 11.9. The van der Waals surface area contributed by atoms with Crippen molar-refractivity contribution in [1.29, 1.82) is 0 Å². The van der Waals surface area contributed by atoms with Gasteiger partial charge in [-0.1, -0.05) is 6.92 Å². The molecular weight excluding hydrogens is 270 g/mol. The Hall–Kier alpha value is -1.30. The van der Waals surface area contributed by atoms with Crippen LogP contribution in [-0.4, -0.2) is 65.7 Å². The Bertz CT molecular complexity index is 375. The summed E-state index contributed by atoms with van der Waals surface area (Å²) in [6.45, 7) is 6.71. The molecule has 0 aromatic carbocycles. The van der Waals surface area contributed by atoms with Gasteiger partial charge in [-0.25, -0.2) is 4.79 Å². The van der Waals surface area contributed by atoms with Crippen molar-refractivity contribution in [3.63, 3.8) is 0 Å². The highest BCUT2D eigenvalue weighted by Crippen LogP contribution is 2.21. The Morgan fingerprint density at radius 2 is 2.05 bits per heavy atom. The monoisotopic (exact) mass is 297 g/mol. The molecule has 2 saturated heterocycles. The van der Waals surface area contributed by atoms with Crippen LogP contribution in [0.25, 0.3) is 0 Å². The minimum atomic E-state index is -0.750. The van der Waals surface area contributed by atoms with E-state index in [-0.39, 0.29) is 18.5 Å². The number of hydrogen-bond acceptors (Lipinski definition) is 3. The van der Waals surface area contributed by atoms with Gasteiger partial charge in [-0.3, -0.25) is 4.79 Å². The van der Waals surface area contributed by atoms with E-state index in [1.807, 2.05) is 4.90 Å². The highest BCUT2D eigenvalue weighted by atomic mass is 16.4. The molecule has 2 amide bonds. The maximum atomic E-state index is 12.3. The van der Waals surface area contributed by atoms with Crippen LogP contribution in [0, 0.1) is 5.92 Å². The Morgan fingerprint density at radius 3 is 2.76 bits per heavy atom. The number of nitrogens with zero attached hydrogens (tertiary/aromatic N) is 2. The maximum Gasteiger partial charge on any atom is 0.317 e. The molecule has 2 unspecified atom stereocenters. The van der Waals surface area contributed by atoms with Crippen LogP contribution in [0.5, 0.6) is 0 Å². The van der Waals surface area contributed by atoms with Gasteiger partial charge in [0.2, 0.25) is 0 Å². The third kappa shape index (κ3) is 4.88. The molecule has 0 spiro atoms. The van der Waals surface area contributed by atoms with Crippen molar-refractivity contribution in [2.24, 2.45) is 5.92 Å². The topological polar surface area (TPSA) is 72.9 Å². The second kappa shape index (κ2) is 7.64. The largest absolute Gasteiger partial charge is 0.481 e. The summed E-state index contributed by atoms with van der Waals surface area (Å²) in [5.74, 6) is -0.412. The molecule has 0 radical (unpaired) electrons. The molecule has 2 aliphatic heterocycles. The summed E-state index contributed by atoms with van der Waals surface area (Å²) < 4.78 is 0. The van der Waals surface area contributed by atoms with E-state index in [0.717, 1.165) is 45.4 Å². The fourth-order valence-electron chi connectivity index (χ4n) is 3.31.